The van der Waals surface area contributed by atoms with Gasteiger partial charge in [0, 0.05) is 4.47 Å². The zero-order valence-electron chi connectivity index (χ0n) is 9.93. The number of aromatic hydroxyl groups is 1. The number of imidazole rings is 1. The van der Waals surface area contributed by atoms with Crippen LogP contribution in [-0.2, 0) is 6.54 Å². The number of aromatic nitrogens is 2. The second-order valence-electron chi connectivity index (χ2n) is 4.34. The highest BCUT2D eigenvalue weighted by atomic mass is 79.9. The zero-order chi connectivity index (χ0) is 13.4. The summed E-state index contributed by atoms with van der Waals surface area (Å²) >= 11 is 3.38. The fourth-order valence-corrected chi connectivity index (χ4v) is 2.44. The highest BCUT2D eigenvalue weighted by Gasteiger charge is 2.07. The van der Waals surface area contributed by atoms with Gasteiger partial charge in [-0.15, -0.1) is 0 Å². The summed E-state index contributed by atoms with van der Waals surface area (Å²) in [5, 5.41) is 9.26. The number of rotatable bonds is 2. The Bertz CT molecular complexity index is 787. The summed E-state index contributed by atoms with van der Waals surface area (Å²) < 4.78 is 2.60. The van der Waals surface area contributed by atoms with Crippen LogP contribution in [0.2, 0.25) is 0 Å². The van der Waals surface area contributed by atoms with E-state index in [2.05, 4.69) is 20.9 Å². The van der Waals surface area contributed by atoms with Crippen molar-refractivity contribution in [1.29, 1.82) is 0 Å². The second kappa shape index (κ2) is 4.59. The van der Waals surface area contributed by atoms with Crippen molar-refractivity contribution in [2.45, 2.75) is 6.54 Å². The molecule has 0 aliphatic carbocycles. The summed E-state index contributed by atoms with van der Waals surface area (Å²) in [5.74, 6) is 0.221. The topological polar surface area (TPSA) is 58.0 Å². The molecule has 2 aromatic carbocycles. The molecular weight excluding hydrogens is 308 g/mol. The van der Waals surface area contributed by atoms with Gasteiger partial charge in [-0.05, 0) is 35.9 Å². The lowest BCUT2D eigenvalue weighted by Crippen LogP contribution is -2.17. The molecule has 0 saturated carbocycles. The Labute approximate surface area is 117 Å². The van der Waals surface area contributed by atoms with Gasteiger partial charge in [-0.2, -0.15) is 0 Å². The van der Waals surface area contributed by atoms with E-state index in [1.165, 1.54) is 0 Å². The van der Waals surface area contributed by atoms with Crippen molar-refractivity contribution in [2.24, 2.45) is 0 Å². The molecular formula is C14H11BrN2O2. The molecule has 3 aromatic rings. The summed E-state index contributed by atoms with van der Waals surface area (Å²) in [7, 11) is 0. The number of fused-ring (bicyclic) bond motifs is 1. The summed E-state index contributed by atoms with van der Waals surface area (Å²) in [6, 6.07) is 12.5. The van der Waals surface area contributed by atoms with Gasteiger partial charge in [-0.3, -0.25) is 4.57 Å². The number of benzene rings is 2. The van der Waals surface area contributed by atoms with E-state index in [1.54, 1.807) is 28.8 Å². The Morgan fingerprint density at radius 1 is 1.16 bits per heavy atom. The minimum Gasteiger partial charge on any atom is -0.508 e. The summed E-state index contributed by atoms with van der Waals surface area (Å²) in [6.45, 7) is 0.473. The molecule has 0 amide bonds. The van der Waals surface area contributed by atoms with Gasteiger partial charge in [0.25, 0.3) is 0 Å². The summed E-state index contributed by atoms with van der Waals surface area (Å²) in [6.07, 6.45) is 0. The van der Waals surface area contributed by atoms with Crippen LogP contribution in [-0.4, -0.2) is 14.7 Å². The van der Waals surface area contributed by atoms with Gasteiger partial charge in [-0.25, -0.2) is 4.79 Å². The summed E-state index contributed by atoms with van der Waals surface area (Å²) in [4.78, 5) is 14.8. The lowest BCUT2D eigenvalue weighted by atomic mass is 10.2. The van der Waals surface area contributed by atoms with Crippen LogP contribution in [0.4, 0.5) is 0 Å². The fraction of sp³-hybridized carbons (Fsp3) is 0.0714. The predicted octanol–water partition coefficient (Wildman–Crippen LogP) is 2.85. The third kappa shape index (κ3) is 2.29. The number of phenolic OH excluding ortho intramolecular Hbond substituents is 1. The summed E-state index contributed by atoms with van der Waals surface area (Å²) in [5.41, 5.74) is 2.49. The first kappa shape index (κ1) is 12.0. The molecule has 0 unspecified atom stereocenters. The van der Waals surface area contributed by atoms with E-state index in [0.717, 1.165) is 21.1 Å². The van der Waals surface area contributed by atoms with Crippen LogP contribution in [0.1, 0.15) is 5.56 Å². The Morgan fingerprint density at radius 2 is 1.89 bits per heavy atom. The van der Waals surface area contributed by atoms with Gasteiger partial charge in [0.2, 0.25) is 0 Å². The molecule has 0 saturated heterocycles. The maximum absolute atomic E-state index is 12.0. The van der Waals surface area contributed by atoms with Crippen molar-refractivity contribution in [2.75, 3.05) is 0 Å². The molecule has 1 heterocycles. The van der Waals surface area contributed by atoms with E-state index >= 15 is 0 Å². The Kier molecular flexibility index (Phi) is 2.91. The van der Waals surface area contributed by atoms with Crippen LogP contribution in [0.5, 0.6) is 5.75 Å². The normalized spacial score (nSPS) is 11.0. The number of phenols is 1. The maximum atomic E-state index is 12.0. The lowest BCUT2D eigenvalue weighted by molar-refractivity contribution is 0.475. The average Bonchev–Trinajstić information content (AvgIpc) is 2.68. The molecule has 4 nitrogen and oxygen atoms in total. The minimum atomic E-state index is -0.138. The monoisotopic (exact) mass is 318 g/mol. The number of hydrogen-bond acceptors (Lipinski definition) is 2. The standard InChI is InChI=1S/C14H11BrN2O2/c15-10-3-6-13-12(7-10)16-14(19)17(13)8-9-1-4-11(18)5-2-9/h1-7,18H,8H2,(H,16,19). The first-order chi connectivity index (χ1) is 9.13. The molecule has 0 atom stereocenters. The van der Waals surface area contributed by atoms with Gasteiger partial charge < -0.3 is 10.1 Å². The largest absolute Gasteiger partial charge is 0.508 e. The lowest BCUT2D eigenvalue weighted by Gasteiger charge is -2.04. The van der Waals surface area contributed by atoms with Crippen LogP contribution in [0.3, 0.4) is 0 Å². The molecule has 0 aliphatic rings. The highest BCUT2D eigenvalue weighted by Crippen LogP contribution is 2.18. The van der Waals surface area contributed by atoms with Gasteiger partial charge in [0.15, 0.2) is 0 Å². The molecule has 0 bridgehead atoms. The van der Waals surface area contributed by atoms with Gasteiger partial charge in [0.05, 0.1) is 17.6 Å². The van der Waals surface area contributed by atoms with Gasteiger partial charge in [0.1, 0.15) is 5.75 Å². The fourth-order valence-electron chi connectivity index (χ4n) is 2.08. The van der Waals surface area contributed by atoms with Crippen molar-refractivity contribution < 1.29 is 5.11 Å². The first-order valence-corrected chi connectivity index (χ1v) is 6.59. The van der Waals surface area contributed by atoms with E-state index in [1.807, 2.05) is 18.2 Å². The van der Waals surface area contributed by atoms with E-state index in [0.29, 0.717) is 6.54 Å². The number of hydrogen-bond donors (Lipinski definition) is 2. The Hall–Kier alpha value is -2.01. The molecule has 0 fully saturated rings. The molecule has 0 spiro atoms. The van der Waals surface area contributed by atoms with E-state index in [4.69, 9.17) is 0 Å². The number of halogens is 1. The molecule has 96 valence electrons. The van der Waals surface area contributed by atoms with Crippen LogP contribution >= 0.6 is 15.9 Å². The van der Waals surface area contributed by atoms with Crippen LogP contribution in [0, 0.1) is 0 Å². The van der Waals surface area contributed by atoms with Crippen molar-refractivity contribution in [1.82, 2.24) is 9.55 Å². The van der Waals surface area contributed by atoms with E-state index in [9.17, 15) is 9.90 Å². The van der Waals surface area contributed by atoms with Crippen molar-refractivity contribution in [3.05, 3.63) is 63.0 Å². The minimum absolute atomic E-state index is 0.138. The average molecular weight is 319 g/mol. The number of H-pyrrole nitrogens is 1. The van der Waals surface area contributed by atoms with Crippen molar-refractivity contribution in [3.63, 3.8) is 0 Å². The number of nitrogens with one attached hydrogen (secondary N) is 1. The third-order valence-electron chi connectivity index (χ3n) is 3.01. The molecule has 2 N–H and O–H groups in total. The Morgan fingerprint density at radius 3 is 2.63 bits per heavy atom. The predicted molar refractivity (Wildman–Crippen MR) is 77.5 cm³/mol. The Balaban J connectivity index is 2.07. The maximum Gasteiger partial charge on any atom is 0.326 e. The van der Waals surface area contributed by atoms with Crippen LogP contribution in [0.25, 0.3) is 11.0 Å². The van der Waals surface area contributed by atoms with Gasteiger partial charge in [-0.1, -0.05) is 28.1 Å². The molecule has 5 heteroatoms. The quantitative estimate of drug-likeness (QED) is 0.763. The third-order valence-corrected chi connectivity index (χ3v) is 3.51. The molecule has 0 aliphatic heterocycles. The zero-order valence-corrected chi connectivity index (χ0v) is 11.5. The number of aromatic amines is 1. The molecule has 19 heavy (non-hydrogen) atoms. The molecule has 0 radical (unpaired) electrons. The highest BCUT2D eigenvalue weighted by molar-refractivity contribution is 9.10. The second-order valence-corrected chi connectivity index (χ2v) is 5.26. The SMILES string of the molecule is O=c1[nH]c2cc(Br)ccc2n1Cc1ccc(O)cc1. The van der Waals surface area contributed by atoms with Crippen molar-refractivity contribution in [3.8, 4) is 5.75 Å². The van der Waals surface area contributed by atoms with Gasteiger partial charge >= 0.3 is 5.69 Å². The first-order valence-electron chi connectivity index (χ1n) is 5.79. The van der Waals surface area contributed by atoms with E-state index in [-0.39, 0.29) is 11.4 Å². The number of nitrogens with zero attached hydrogens (tertiary/aromatic N) is 1. The smallest absolute Gasteiger partial charge is 0.326 e. The molecule has 3 rings (SSSR count). The molecule has 1 aromatic heterocycles. The van der Waals surface area contributed by atoms with E-state index < -0.39 is 0 Å². The van der Waals surface area contributed by atoms with Crippen LogP contribution in [0.15, 0.2) is 51.7 Å². The van der Waals surface area contributed by atoms with Crippen LogP contribution < -0.4 is 5.69 Å². The van der Waals surface area contributed by atoms with Crippen molar-refractivity contribution >= 4 is 27.0 Å².